The summed E-state index contributed by atoms with van der Waals surface area (Å²) < 4.78 is 5.69. The van der Waals surface area contributed by atoms with Crippen LogP contribution in [0.15, 0.2) is 16.8 Å². The molecule has 0 atom stereocenters. The van der Waals surface area contributed by atoms with Crippen molar-refractivity contribution in [1.29, 1.82) is 0 Å². The van der Waals surface area contributed by atoms with Gasteiger partial charge in [-0.1, -0.05) is 15.8 Å². The van der Waals surface area contributed by atoms with Crippen LogP contribution in [0, 0.1) is 6.92 Å². The number of aryl methyl sites for hydroxylation is 1. The van der Waals surface area contributed by atoms with Crippen LogP contribution >= 0.6 is 34.2 Å². The molecule has 94 valence electrons. The van der Waals surface area contributed by atoms with Crippen molar-refractivity contribution in [2.24, 2.45) is 0 Å². The van der Waals surface area contributed by atoms with Gasteiger partial charge in [0.25, 0.3) is 0 Å². The molecule has 0 radical (unpaired) electrons. The predicted molar refractivity (Wildman–Crippen MR) is 75.6 cm³/mol. The van der Waals surface area contributed by atoms with E-state index in [1.54, 1.807) is 15.9 Å². The van der Waals surface area contributed by atoms with Gasteiger partial charge in [0.2, 0.25) is 4.96 Å². The zero-order chi connectivity index (χ0) is 12.8. The van der Waals surface area contributed by atoms with E-state index in [4.69, 9.17) is 0 Å². The van der Waals surface area contributed by atoms with Gasteiger partial charge >= 0.3 is 0 Å². The summed E-state index contributed by atoms with van der Waals surface area (Å²) in [6.07, 6.45) is 0. The number of nitrogens with zero attached hydrogens (tertiary/aromatic N) is 6. The highest BCUT2D eigenvalue weighted by atomic mass is 32.1. The molecule has 0 aliphatic heterocycles. The van der Waals surface area contributed by atoms with E-state index >= 15 is 0 Å². The van der Waals surface area contributed by atoms with Crippen LogP contribution in [0.25, 0.3) is 26.2 Å². The Hall–Kier alpha value is -1.71. The highest BCUT2D eigenvalue weighted by Crippen LogP contribution is 2.30. The summed E-state index contributed by atoms with van der Waals surface area (Å²) in [6.45, 7) is 1.91. The highest BCUT2D eigenvalue weighted by Gasteiger charge is 2.18. The number of thiophene rings is 1. The van der Waals surface area contributed by atoms with Gasteiger partial charge in [-0.2, -0.15) is 21.0 Å². The first-order valence-electron chi connectivity index (χ1n) is 5.37. The molecule has 19 heavy (non-hydrogen) atoms. The van der Waals surface area contributed by atoms with Crippen molar-refractivity contribution in [2.75, 3.05) is 0 Å². The maximum atomic E-state index is 4.58. The molecule has 0 aliphatic carbocycles. The first kappa shape index (κ1) is 11.1. The topological polar surface area (TPSA) is 68.9 Å². The maximum Gasteiger partial charge on any atom is 0.235 e. The van der Waals surface area contributed by atoms with Crippen LogP contribution in [-0.2, 0) is 0 Å². The van der Waals surface area contributed by atoms with Crippen LogP contribution in [0.1, 0.15) is 5.69 Å². The normalized spacial score (nSPS) is 11.4. The third-order valence-corrected chi connectivity index (χ3v) is 5.07. The summed E-state index contributed by atoms with van der Waals surface area (Å²) in [5.41, 5.74) is 1.97. The van der Waals surface area contributed by atoms with Crippen LogP contribution < -0.4 is 0 Å². The quantitative estimate of drug-likeness (QED) is 0.569. The second-order valence-electron chi connectivity index (χ2n) is 3.82. The van der Waals surface area contributed by atoms with Gasteiger partial charge in [0.05, 0.1) is 5.69 Å². The fourth-order valence-electron chi connectivity index (χ4n) is 1.70. The van der Waals surface area contributed by atoms with Crippen LogP contribution in [0.3, 0.4) is 0 Å². The van der Waals surface area contributed by atoms with Crippen molar-refractivity contribution in [3.8, 4) is 21.3 Å². The molecule has 4 aromatic heterocycles. The van der Waals surface area contributed by atoms with Crippen LogP contribution in [0.5, 0.6) is 0 Å². The Morgan fingerprint density at radius 3 is 2.89 bits per heavy atom. The van der Waals surface area contributed by atoms with E-state index in [9.17, 15) is 0 Å². The lowest BCUT2D eigenvalue weighted by molar-refractivity contribution is 0.969. The van der Waals surface area contributed by atoms with Gasteiger partial charge in [-0.15, -0.1) is 15.3 Å². The lowest BCUT2D eigenvalue weighted by Crippen LogP contribution is -1.90. The Kier molecular flexibility index (Phi) is 2.43. The third-order valence-electron chi connectivity index (χ3n) is 2.61. The molecule has 0 N–H and O–H groups in total. The lowest BCUT2D eigenvalue weighted by atomic mass is 10.4. The summed E-state index contributed by atoms with van der Waals surface area (Å²) in [6, 6.07) is 2.05. The van der Waals surface area contributed by atoms with Gasteiger partial charge in [0, 0.05) is 10.9 Å². The minimum absolute atomic E-state index is 0.709. The highest BCUT2D eigenvalue weighted by molar-refractivity contribution is 7.20. The molecule has 0 aliphatic rings. The molecule has 0 saturated carbocycles. The van der Waals surface area contributed by atoms with E-state index in [-0.39, 0.29) is 0 Å². The Morgan fingerprint density at radius 1 is 1.21 bits per heavy atom. The SMILES string of the molecule is Cc1nnsc1-c1nnc2sc(-c3ccsc3)nn12. The first-order valence-corrected chi connectivity index (χ1v) is 7.90. The number of fused-ring (bicyclic) bond motifs is 1. The molecule has 0 amide bonds. The fraction of sp³-hybridized carbons (Fsp3) is 0.100. The van der Waals surface area contributed by atoms with Crippen LogP contribution in [0.4, 0.5) is 0 Å². The van der Waals surface area contributed by atoms with Crippen molar-refractivity contribution in [2.45, 2.75) is 6.92 Å². The average Bonchev–Trinajstić information content (AvgIpc) is 3.11. The molecule has 4 aromatic rings. The van der Waals surface area contributed by atoms with E-state index < -0.39 is 0 Å². The molecular weight excluding hydrogens is 300 g/mol. The van der Waals surface area contributed by atoms with Crippen LogP contribution in [0.2, 0.25) is 0 Å². The molecule has 0 unspecified atom stereocenters. The van der Waals surface area contributed by atoms with Gasteiger partial charge in [-0.25, -0.2) is 0 Å². The molecule has 4 rings (SSSR count). The number of rotatable bonds is 2. The van der Waals surface area contributed by atoms with Crippen molar-refractivity contribution < 1.29 is 0 Å². The zero-order valence-corrected chi connectivity index (χ0v) is 12.1. The summed E-state index contributed by atoms with van der Waals surface area (Å²) in [7, 11) is 0. The minimum Gasteiger partial charge on any atom is -0.181 e. The van der Waals surface area contributed by atoms with E-state index in [2.05, 4.69) is 36.3 Å². The van der Waals surface area contributed by atoms with E-state index in [0.717, 1.165) is 26.1 Å². The van der Waals surface area contributed by atoms with Gasteiger partial charge in [0.15, 0.2) is 5.82 Å². The Bertz CT molecular complexity index is 840. The summed E-state index contributed by atoms with van der Waals surface area (Å²) in [4.78, 5) is 1.69. The molecule has 0 bridgehead atoms. The second-order valence-corrected chi connectivity index (χ2v) is 6.31. The zero-order valence-electron chi connectivity index (χ0n) is 9.64. The number of hydrogen-bond acceptors (Lipinski definition) is 8. The second kappa shape index (κ2) is 4.15. The number of aromatic nitrogens is 6. The number of hydrogen-bond donors (Lipinski definition) is 0. The first-order chi connectivity index (χ1) is 9.33. The van der Waals surface area contributed by atoms with Gasteiger partial charge in [0.1, 0.15) is 9.88 Å². The monoisotopic (exact) mass is 306 g/mol. The maximum absolute atomic E-state index is 4.58. The minimum atomic E-state index is 0.709. The van der Waals surface area contributed by atoms with Gasteiger partial charge in [-0.3, -0.25) is 0 Å². The third kappa shape index (κ3) is 1.70. The van der Waals surface area contributed by atoms with Gasteiger partial charge < -0.3 is 0 Å². The largest absolute Gasteiger partial charge is 0.235 e. The standard InChI is InChI=1S/C10H6N6S3/c1-5-7(19-15-11-5)8-12-13-10-16(8)14-9(18-10)6-2-3-17-4-6/h2-4H,1H3. The van der Waals surface area contributed by atoms with Crippen LogP contribution in [-0.4, -0.2) is 29.4 Å². The van der Waals surface area contributed by atoms with E-state index in [0.29, 0.717) is 5.82 Å². The molecule has 9 heteroatoms. The molecule has 0 spiro atoms. The molecule has 6 nitrogen and oxygen atoms in total. The summed E-state index contributed by atoms with van der Waals surface area (Å²) >= 11 is 4.49. The Balaban J connectivity index is 1.92. The molecule has 0 saturated heterocycles. The summed E-state index contributed by atoms with van der Waals surface area (Å²) in [5.74, 6) is 0.709. The molecule has 4 heterocycles. The fourth-order valence-corrected chi connectivity index (χ4v) is 3.88. The Labute approximate surface area is 119 Å². The van der Waals surface area contributed by atoms with Gasteiger partial charge in [-0.05, 0) is 29.9 Å². The molecular formula is C10H6N6S3. The predicted octanol–water partition coefficient (Wildman–Crippen LogP) is 2.74. The molecule has 0 aromatic carbocycles. The van der Waals surface area contributed by atoms with Crippen molar-refractivity contribution in [1.82, 2.24) is 29.4 Å². The van der Waals surface area contributed by atoms with Crippen molar-refractivity contribution in [3.63, 3.8) is 0 Å². The van der Waals surface area contributed by atoms with Crippen molar-refractivity contribution >= 4 is 39.2 Å². The van der Waals surface area contributed by atoms with E-state index in [1.165, 1.54) is 22.9 Å². The smallest absolute Gasteiger partial charge is 0.181 e. The Morgan fingerprint density at radius 2 is 2.16 bits per heavy atom. The lowest BCUT2D eigenvalue weighted by Gasteiger charge is -1.91. The molecule has 0 fully saturated rings. The summed E-state index contributed by atoms with van der Waals surface area (Å²) in [5, 5.41) is 22.0. The van der Waals surface area contributed by atoms with E-state index in [1.807, 2.05) is 12.3 Å². The average molecular weight is 306 g/mol. The van der Waals surface area contributed by atoms with Crippen molar-refractivity contribution in [3.05, 3.63) is 22.5 Å².